The Morgan fingerprint density at radius 2 is 2.18 bits per heavy atom. The largest absolute Gasteiger partial charge is 0.488 e. The Hall–Kier alpha value is -1.06. The highest BCUT2D eigenvalue weighted by Crippen LogP contribution is 2.21. The number of ether oxygens (including phenoxy) is 2. The Labute approximate surface area is 103 Å². The summed E-state index contributed by atoms with van der Waals surface area (Å²) >= 11 is 0. The Kier molecular flexibility index (Phi) is 4.40. The van der Waals surface area contributed by atoms with E-state index in [1.165, 1.54) is 5.56 Å². The fourth-order valence-corrected chi connectivity index (χ4v) is 2.18. The van der Waals surface area contributed by atoms with Crippen LogP contribution in [0.1, 0.15) is 31.4 Å². The Morgan fingerprint density at radius 1 is 1.41 bits per heavy atom. The molecule has 0 aliphatic carbocycles. The van der Waals surface area contributed by atoms with E-state index in [0.717, 1.165) is 31.8 Å². The number of hydrogen-bond acceptors (Lipinski definition) is 3. The van der Waals surface area contributed by atoms with Crippen LogP contribution < -0.4 is 10.1 Å². The lowest BCUT2D eigenvalue weighted by molar-refractivity contribution is 0.141. The summed E-state index contributed by atoms with van der Waals surface area (Å²) in [6.07, 6.45) is 2.32. The first-order chi connectivity index (χ1) is 8.33. The average Bonchev–Trinajstić information content (AvgIpc) is 2.86. The maximum atomic E-state index is 5.83. The number of nitrogens with one attached hydrogen (secondary N) is 1. The summed E-state index contributed by atoms with van der Waals surface area (Å²) in [5, 5.41) is 3.30. The van der Waals surface area contributed by atoms with E-state index >= 15 is 0 Å². The van der Waals surface area contributed by atoms with Gasteiger partial charge in [0.2, 0.25) is 0 Å². The molecule has 2 unspecified atom stereocenters. The molecule has 17 heavy (non-hydrogen) atoms. The van der Waals surface area contributed by atoms with Crippen LogP contribution in [0.25, 0.3) is 0 Å². The summed E-state index contributed by atoms with van der Waals surface area (Å²) in [7, 11) is 1.99. The van der Waals surface area contributed by atoms with Crippen molar-refractivity contribution < 1.29 is 9.47 Å². The molecule has 94 valence electrons. The van der Waals surface area contributed by atoms with E-state index in [4.69, 9.17) is 9.47 Å². The number of hydrogen-bond donors (Lipinski definition) is 1. The second-order valence-corrected chi connectivity index (χ2v) is 4.42. The SMILES string of the molecule is CCC(NC)c1ccc(OC2CCOC2)cc1. The first kappa shape index (κ1) is 12.4. The van der Waals surface area contributed by atoms with Gasteiger partial charge < -0.3 is 14.8 Å². The molecule has 0 bridgehead atoms. The van der Waals surface area contributed by atoms with Crippen molar-refractivity contribution >= 4 is 0 Å². The van der Waals surface area contributed by atoms with Gasteiger partial charge in [-0.25, -0.2) is 0 Å². The van der Waals surface area contributed by atoms with Gasteiger partial charge in [0.25, 0.3) is 0 Å². The molecule has 1 aromatic rings. The Bertz CT molecular complexity index is 327. The van der Waals surface area contributed by atoms with Gasteiger partial charge in [-0.2, -0.15) is 0 Å². The minimum Gasteiger partial charge on any atom is -0.488 e. The van der Waals surface area contributed by atoms with Crippen molar-refractivity contribution in [3.63, 3.8) is 0 Å². The molecule has 0 spiro atoms. The van der Waals surface area contributed by atoms with Gasteiger partial charge in [0.1, 0.15) is 11.9 Å². The van der Waals surface area contributed by atoms with Crippen LogP contribution >= 0.6 is 0 Å². The second-order valence-electron chi connectivity index (χ2n) is 4.42. The molecule has 0 radical (unpaired) electrons. The summed E-state index contributed by atoms with van der Waals surface area (Å²) < 4.78 is 11.1. The Morgan fingerprint density at radius 3 is 2.71 bits per heavy atom. The molecule has 3 nitrogen and oxygen atoms in total. The molecule has 2 rings (SSSR count). The third-order valence-electron chi connectivity index (χ3n) is 3.23. The van der Waals surface area contributed by atoms with E-state index < -0.39 is 0 Å². The molecule has 0 saturated carbocycles. The van der Waals surface area contributed by atoms with Gasteiger partial charge in [-0.15, -0.1) is 0 Å². The third kappa shape index (κ3) is 3.20. The normalized spacial score (nSPS) is 21.4. The molecule has 1 fully saturated rings. The summed E-state index contributed by atoms with van der Waals surface area (Å²) in [6, 6.07) is 8.80. The topological polar surface area (TPSA) is 30.5 Å². The second kappa shape index (κ2) is 6.03. The third-order valence-corrected chi connectivity index (χ3v) is 3.23. The van der Waals surface area contributed by atoms with Crippen LogP contribution in [-0.2, 0) is 4.74 Å². The van der Waals surface area contributed by atoms with E-state index in [0.29, 0.717) is 6.04 Å². The van der Waals surface area contributed by atoms with Crippen molar-refractivity contribution in [3.05, 3.63) is 29.8 Å². The van der Waals surface area contributed by atoms with Gasteiger partial charge in [0, 0.05) is 12.5 Å². The quantitative estimate of drug-likeness (QED) is 0.850. The smallest absolute Gasteiger partial charge is 0.124 e. The van der Waals surface area contributed by atoms with Gasteiger partial charge >= 0.3 is 0 Å². The van der Waals surface area contributed by atoms with Gasteiger partial charge in [-0.05, 0) is 31.2 Å². The lowest BCUT2D eigenvalue weighted by Crippen LogP contribution is -2.16. The first-order valence-corrected chi connectivity index (χ1v) is 6.35. The molecule has 0 amide bonds. The predicted octanol–water partition coefficient (Wildman–Crippen LogP) is 2.52. The fraction of sp³-hybridized carbons (Fsp3) is 0.571. The van der Waals surface area contributed by atoms with Gasteiger partial charge in [-0.3, -0.25) is 0 Å². The zero-order valence-electron chi connectivity index (χ0n) is 10.6. The van der Waals surface area contributed by atoms with Crippen LogP contribution in [0, 0.1) is 0 Å². The van der Waals surface area contributed by atoms with E-state index in [-0.39, 0.29) is 6.10 Å². The molecule has 3 heteroatoms. The van der Waals surface area contributed by atoms with Crippen molar-refractivity contribution in [2.75, 3.05) is 20.3 Å². The molecule has 1 saturated heterocycles. The zero-order chi connectivity index (χ0) is 12.1. The molecule has 1 aliphatic heterocycles. The predicted molar refractivity (Wildman–Crippen MR) is 68.4 cm³/mol. The highest BCUT2D eigenvalue weighted by Gasteiger charge is 2.17. The molecule has 2 atom stereocenters. The molecule has 1 aromatic carbocycles. The summed E-state index contributed by atoms with van der Waals surface area (Å²) in [5.74, 6) is 0.940. The van der Waals surface area contributed by atoms with Crippen LogP contribution in [-0.4, -0.2) is 26.4 Å². The minimum atomic E-state index is 0.229. The molecule has 1 aliphatic rings. The highest BCUT2D eigenvalue weighted by atomic mass is 16.5. The van der Waals surface area contributed by atoms with Crippen molar-refractivity contribution in [2.24, 2.45) is 0 Å². The van der Waals surface area contributed by atoms with E-state index in [1.54, 1.807) is 0 Å². The van der Waals surface area contributed by atoms with Crippen molar-refractivity contribution in [1.82, 2.24) is 5.32 Å². The molecule has 1 heterocycles. The lowest BCUT2D eigenvalue weighted by Gasteiger charge is -2.16. The van der Waals surface area contributed by atoms with Gasteiger partial charge in [0.05, 0.1) is 13.2 Å². The van der Waals surface area contributed by atoms with Crippen molar-refractivity contribution in [3.8, 4) is 5.75 Å². The number of benzene rings is 1. The molecular formula is C14H21NO2. The Balaban J connectivity index is 1.96. The van der Waals surface area contributed by atoms with Crippen LogP contribution in [0.15, 0.2) is 24.3 Å². The molecule has 1 N–H and O–H groups in total. The van der Waals surface area contributed by atoms with Crippen LogP contribution in [0.4, 0.5) is 0 Å². The van der Waals surface area contributed by atoms with Crippen LogP contribution in [0.5, 0.6) is 5.75 Å². The van der Waals surface area contributed by atoms with Crippen LogP contribution in [0.2, 0.25) is 0 Å². The van der Waals surface area contributed by atoms with Gasteiger partial charge in [-0.1, -0.05) is 19.1 Å². The monoisotopic (exact) mass is 235 g/mol. The summed E-state index contributed by atoms with van der Waals surface area (Å²) in [4.78, 5) is 0. The maximum absolute atomic E-state index is 5.83. The first-order valence-electron chi connectivity index (χ1n) is 6.35. The van der Waals surface area contributed by atoms with Crippen molar-refractivity contribution in [1.29, 1.82) is 0 Å². The highest BCUT2D eigenvalue weighted by molar-refractivity contribution is 5.29. The van der Waals surface area contributed by atoms with Gasteiger partial charge in [0.15, 0.2) is 0 Å². The molecular weight excluding hydrogens is 214 g/mol. The average molecular weight is 235 g/mol. The lowest BCUT2D eigenvalue weighted by atomic mass is 10.0. The fourth-order valence-electron chi connectivity index (χ4n) is 2.18. The summed E-state index contributed by atoms with van der Waals surface area (Å²) in [5.41, 5.74) is 1.31. The maximum Gasteiger partial charge on any atom is 0.124 e. The molecule has 0 aromatic heterocycles. The van der Waals surface area contributed by atoms with Crippen molar-refractivity contribution in [2.45, 2.75) is 31.9 Å². The van der Waals surface area contributed by atoms with Crippen LogP contribution in [0.3, 0.4) is 0 Å². The van der Waals surface area contributed by atoms with E-state index in [9.17, 15) is 0 Å². The standard InChI is InChI=1S/C14H21NO2/c1-3-14(15-2)11-4-6-12(7-5-11)17-13-8-9-16-10-13/h4-7,13-15H,3,8-10H2,1-2H3. The summed E-state index contributed by atoms with van der Waals surface area (Å²) in [6.45, 7) is 3.72. The minimum absolute atomic E-state index is 0.229. The van der Waals surface area contributed by atoms with E-state index in [1.807, 2.05) is 19.2 Å². The van der Waals surface area contributed by atoms with E-state index in [2.05, 4.69) is 24.4 Å². The number of rotatable bonds is 5. The zero-order valence-corrected chi connectivity index (χ0v) is 10.6.